The Morgan fingerprint density at radius 2 is 2.17 bits per heavy atom. The summed E-state index contributed by atoms with van der Waals surface area (Å²) in [4.78, 5) is 0.105. The van der Waals surface area contributed by atoms with Crippen LogP contribution in [0, 0.1) is 17.1 Å². The summed E-state index contributed by atoms with van der Waals surface area (Å²) in [5.74, 6) is -0.613. The van der Waals surface area contributed by atoms with E-state index in [1.807, 2.05) is 0 Å². The van der Waals surface area contributed by atoms with Crippen LogP contribution >= 0.6 is 10.7 Å². The highest BCUT2D eigenvalue weighted by molar-refractivity contribution is 8.13. The van der Waals surface area contributed by atoms with E-state index >= 15 is 0 Å². The number of hydrogen-bond donors (Lipinski definition) is 0. The van der Waals surface area contributed by atoms with Gasteiger partial charge >= 0.3 is 0 Å². The van der Waals surface area contributed by atoms with E-state index in [4.69, 9.17) is 15.9 Å². The maximum atomic E-state index is 12.6. The van der Waals surface area contributed by atoms with Gasteiger partial charge in [-0.05, 0) is 6.07 Å². The highest BCUT2D eigenvalue weighted by Crippen LogP contribution is 2.17. The zero-order valence-electron chi connectivity index (χ0n) is 5.75. The predicted octanol–water partition coefficient (Wildman–Crippen LogP) is 1.96. The van der Waals surface area contributed by atoms with Crippen LogP contribution in [0.25, 0.3) is 0 Å². The van der Waals surface area contributed by atoms with Crippen molar-refractivity contribution >= 4 is 21.1 Å². The van der Waals surface area contributed by atoms with Gasteiger partial charge in [0.1, 0.15) is 16.2 Å². The molecule has 0 heterocycles. The van der Waals surface area contributed by atoms with E-state index in [9.17, 15) is 8.94 Å². The molecule has 0 N–H and O–H groups in total. The Labute approximate surface area is 76.3 Å². The number of benzene rings is 1. The summed E-state index contributed by atoms with van der Waals surface area (Å²) in [6.45, 7) is 0. The van der Waals surface area contributed by atoms with Gasteiger partial charge in [-0.25, -0.2) is 4.39 Å². The van der Waals surface area contributed by atoms with Gasteiger partial charge < -0.3 is 4.55 Å². The predicted molar refractivity (Wildman–Crippen MR) is 43.4 cm³/mol. The molecule has 0 saturated carbocycles. The molecule has 0 amide bonds. The van der Waals surface area contributed by atoms with Gasteiger partial charge in [0.2, 0.25) is 0 Å². The molecule has 0 aromatic heterocycles. The van der Waals surface area contributed by atoms with Crippen molar-refractivity contribution in [1.82, 2.24) is 0 Å². The molecule has 0 fully saturated rings. The van der Waals surface area contributed by atoms with Gasteiger partial charge in [0.15, 0.2) is 15.6 Å². The second-order valence-electron chi connectivity index (χ2n) is 2.01. The smallest absolute Gasteiger partial charge is 0.181 e. The first-order valence-corrected chi connectivity index (χ1v) is 4.90. The largest absolute Gasteiger partial charge is 0.594 e. The number of nitriles is 1. The summed E-state index contributed by atoms with van der Waals surface area (Å²) in [6.07, 6.45) is 0. The lowest BCUT2D eigenvalue weighted by atomic mass is 10.2. The summed E-state index contributed by atoms with van der Waals surface area (Å²) < 4.78 is 23.3. The Bertz CT molecular complexity index is 337. The molecule has 0 aliphatic carbocycles. The summed E-state index contributed by atoms with van der Waals surface area (Å²) in [5, 5.41) is 8.41. The Hall–Kier alpha value is -0.760. The van der Waals surface area contributed by atoms with Crippen LogP contribution in [0.5, 0.6) is 0 Å². The van der Waals surface area contributed by atoms with Crippen molar-refractivity contribution in [3.05, 3.63) is 29.6 Å². The molecular weight excluding hydrogens is 201 g/mol. The Morgan fingerprint density at radius 3 is 2.67 bits per heavy atom. The van der Waals surface area contributed by atoms with E-state index < -0.39 is 16.2 Å². The van der Waals surface area contributed by atoms with Crippen LogP contribution < -0.4 is 0 Å². The maximum absolute atomic E-state index is 12.6. The molecule has 1 atom stereocenters. The van der Waals surface area contributed by atoms with E-state index in [2.05, 4.69) is 0 Å². The van der Waals surface area contributed by atoms with Crippen LogP contribution in [-0.2, 0) is 10.4 Å². The molecule has 0 saturated heterocycles. The lowest BCUT2D eigenvalue weighted by molar-refractivity contribution is 0.601. The fourth-order valence-corrected chi connectivity index (χ4v) is 1.41. The summed E-state index contributed by atoms with van der Waals surface area (Å²) in [6, 6.07) is 5.09. The average molecular weight is 204 g/mol. The van der Waals surface area contributed by atoms with E-state index in [1.54, 1.807) is 6.07 Å². The SMILES string of the molecule is N#Cc1cc(F)cc([S+]([O-])Cl)c1. The minimum absolute atomic E-state index is 0.105. The molecule has 0 aliphatic heterocycles. The first-order chi connectivity index (χ1) is 5.63. The third-order valence-corrected chi connectivity index (χ3v) is 2.33. The van der Waals surface area contributed by atoms with Crippen LogP contribution in [0.15, 0.2) is 23.1 Å². The topological polar surface area (TPSA) is 46.8 Å². The normalized spacial score (nSPS) is 12.2. The van der Waals surface area contributed by atoms with Crippen LogP contribution in [0.1, 0.15) is 5.56 Å². The minimum atomic E-state index is -1.77. The van der Waals surface area contributed by atoms with Crippen molar-refractivity contribution in [2.75, 3.05) is 0 Å². The fourth-order valence-electron chi connectivity index (χ4n) is 0.720. The van der Waals surface area contributed by atoms with Crippen molar-refractivity contribution < 1.29 is 8.94 Å². The van der Waals surface area contributed by atoms with Gasteiger partial charge in [0.05, 0.1) is 11.6 Å². The average Bonchev–Trinajstić information content (AvgIpc) is 2.03. The monoisotopic (exact) mass is 203 g/mol. The number of nitrogens with zero attached hydrogens (tertiary/aromatic N) is 1. The molecule has 1 rings (SSSR count). The van der Waals surface area contributed by atoms with Crippen LogP contribution in [0.4, 0.5) is 4.39 Å². The molecule has 1 aromatic carbocycles. The standard InChI is InChI=1S/C7H3ClFNOS/c8-12(11)7-2-5(4-10)1-6(9)3-7/h1-3H. The van der Waals surface area contributed by atoms with E-state index in [0.717, 1.165) is 12.1 Å². The van der Waals surface area contributed by atoms with Crippen LogP contribution in [0.3, 0.4) is 0 Å². The Kier molecular flexibility index (Phi) is 2.93. The molecule has 2 nitrogen and oxygen atoms in total. The summed E-state index contributed by atoms with van der Waals surface area (Å²) in [5.41, 5.74) is 0.110. The number of rotatable bonds is 1. The number of halogens is 2. The van der Waals surface area contributed by atoms with E-state index in [1.165, 1.54) is 6.07 Å². The molecule has 62 valence electrons. The second kappa shape index (κ2) is 3.76. The number of hydrogen-bond acceptors (Lipinski definition) is 2. The van der Waals surface area contributed by atoms with Crippen molar-refractivity contribution in [2.24, 2.45) is 0 Å². The molecule has 1 unspecified atom stereocenters. The van der Waals surface area contributed by atoms with Gasteiger partial charge in [-0.2, -0.15) is 5.26 Å². The van der Waals surface area contributed by atoms with Crippen molar-refractivity contribution in [3.8, 4) is 6.07 Å². The van der Waals surface area contributed by atoms with Crippen molar-refractivity contribution in [2.45, 2.75) is 4.90 Å². The molecule has 0 aliphatic rings. The van der Waals surface area contributed by atoms with E-state index in [-0.39, 0.29) is 10.5 Å². The summed E-state index contributed by atoms with van der Waals surface area (Å²) in [7, 11) is 3.43. The second-order valence-corrected chi connectivity index (χ2v) is 3.77. The maximum Gasteiger partial charge on any atom is 0.181 e. The zero-order chi connectivity index (χ0) is 9.14. The summed E-state index contributed by atoms with van der Waals surface area (Å²) >= 11 is 0. The Balaban J connectivity index is 3.17. The first-order valence-electron chi connectivity index (χ1n) is 2.92. The molecule has 0 radical (unpaired) electrons. The lowest BCUT2D eigenvalue weighted by Crippen LogP contribution is -1.93. The van der Waals surface area contributed by atoms with Crippen LogP contribution in [0.2, 0.25) is 0 Å². The molecule has 1 aromatic rings. The zero-order valence-corrected chi connectivity index (χ0v) is 7.32. The Morgan fingerprint density at radius 1 is 1.50 bits per heavy atom. The molecule has 0 spiro atoms. The van der Waals surface area contributed by atoms with Crippen molar-refractivity contribution in [3.63, 3.8) is 0 Å². The fraction of sp³-hybridized carbons (Fsp3) is 0. The van der Waals surface area contributed by atoms with Crippen LogP contribution in [-0.4, -0.2) is 4.55 Å². The van der Waals surface area contributed by atoms with Gasteiger partial charge in [-0.1, -0.05) is 0 Å². The molecule has 12 heavy (non-hydrogen) atoms. The first kappa shape index (κ1) is 9.33. The molecule has 0 bridgehead atoms. The minimum Gasteiger partial charge on any atom is -0.594 e. The quantitative estimate of drug-likeness (QED) is 0.655. The van der Waals surface area contributed by atoms with E-state index in [0.29, 0.717) is 0 Å². The van der Waals surface area contributed by atoms with Gasteiger partial charge in [0.25, 0.3) is 0 Å². The van der Waals surface area contributed by atoms with Gasteiger partial charge in [-0.3, -0.25) is 0 Å². The third-order valence-electron chi connectivity index (χ3n) is 1.19. The highest BCUT2D eigenvalue weighted by Gasteiger charge is 2.10. The van der Waals surface area contributed by atoms with Gasteiger partial charge in [0, 0.05) is 12.1 Å². The van der Waals surface area contributed by atoms with Crippen molar-refractivity contribution in [1.29, 1.82) is 5.26 Å². The third kappa shape index (κ3) is 2.11. The molecular formula is C7H3ClFNOS. The highest BCUT2D eigenvalue weighted by atomic mass is 35.7. The lowest BCUT2D eigenvalue weighted by Gasteiger charge is -1.99. The molecule has 5 heteroatoms. The van der Waals surface area contributed by atoms with Gasteiger partial charge in [-0.15, -0.1) is 0 Å².